The second-order valence-corrected chi connectivity index (χ2v) is 1.74. The van der Waals surface area contributed by atoms with E-state index in [4.69, 9.17) is 10.2 Å². The van der Waals surface area contributed by atoms with Gasteiger partial charge < -0.3 is 10.2 Å². The van der Waals surface area contributed by atoms with Crippen LogP contribution in [0.4, 0.5) is 0 Å². The third kappa shape index (κ3) is 1.14. The summed E-state index contributed by atoms with van der Waals surface area (Å²) in [4.78, 5) is 10.2. The van der Waals surface area contributed by atoms with Crippen molar-refractivity contribution in [2.75, 3.05) is 0 Å². The average molecular weight is 142 g/mol. The maximum Gasteiger partial charge on any atom is 0.353 e. The highest BCUT2D eigenvalue weighted by Gasteiger charge is 2.05. The van der Waals surface area contributed by atoms with E-state index in [0.717, 1.165) is 0 Å². The summed E-state index contributed by atoms with van der Waals surface area (Å²) in [5, 5.41) is 22.5. The van der Waals surface area contributed by atoms with Crippen LogP contribution >= 0.6 is 0 Å². The lowest BCUT2D eigenvalue weighted by atomic mass is 10.4. The van der Waals surface area contributed by atoms with Crippen molar-refractivity contribution >= 4 is 5.97 Å². The first-order valence-electron chi connectivity index (χ1n) is 2.62. The van der Waals surface area contributed by atoms with Gasteiger partial charge in [0, 0.05) is 0 Å². The van der Waals surface area contributed by atoms with Crippen molar-refractivity contribution in [3.8, 4) is 0 Å². The highest BCUT2D eigenvalue weighted by Crippen LogP contribution is 1.97. The SMILES string of the molecule is O=C(O)c1cc(CO)n[nH]1. The zero-order chi connectivity index (χ0) is 7.56. The molecule has 0 bridgehead atoms. The molecule has 0 aromatic carbocycles. The molecule has 0 aliphatic rings. The second-order valence-electron chi connectivity index (χ2n) is 1.74. The lowest BCUT2D eigenvalue weighted by Crippen LogP contribution is -1.95. The van der Waals surface area contributed by atoms with Gasteiger partial charge in [0.25, 0.3) is 0 Å². The Hall–Kier alpha value is -1.36. The van der Waals surface area contributed by atoms with Crippen molar-refractivity contribution in [1.82, 2.24) is 10.2 Å². The molecule has 0 atom stereocenters. The number of H-pyrrole nitrogens is 1. The van der Waals surface area contributed by atoms with Crippen molar-refractivity contribution in [3.63, 3.8) is 0 Å². The molecule has 0 saturated carbocycles. The molecule has 1 aromatic heterocycles. The van der Waals surface area contributed by atoms with E-state index in [2.05, 4.69) is 10.2 Å². The summed E-state index contributed by atoms with van der Waals surface area (Å²) in [6.45, 7) is -0.246. The smallest absolute Gasteiger partial charge is 0.353 e. The lowest BCUT2D eigenvalue weighted by Gasteiger charge is -1.80. The Balaban J connectivity index is 2.88. The topological polar surface area (TPSA) is 86.2 Å². The Morgan fingerprint density at radius 1 is 1.80 bits per heavy atom. The monoisotopic (exact) mass is 142 g/mol. The maximum absolute atomic E-state index is 10.2. The number of rotatable bonds is 2. The van der Waals surface area contributed by atoms with E-state index < -0.39 is 5.97 Å². The van der Waals surface area contributed by atoms with Crippen LogP contribution in [0.15, 0.2) is 6.07 Å². The molecule has 0 spiro atoms. The third-order valence-corrected chi connectivity index (χ3v) is 1.02. The first kappa shape index (κ1) is 6.76. The number of carboxylic acid groups (broad SMARTS) is 1. The van der Waals surface area contributed by atoms with Crippen LogP contribution in [0.1, 0.15) is 16.2 Å². The van der Waals surface area contributed by atoms with Crippen LogP contribution in [-0.4, -0.2) is 26.4 Å². The molecule has 5 nitrogen and oxygen atoms in total. The molecule has 1 aromatic rings. The number of aliphatic hydroxyl groups excluding tert-OH is 1. The van der Waals surface area contributed by atoms with Crippen molar-refractivity contribution < 1.29 is 15.0 Å². The predicted octanol–water partition coefficient (Wildman–Crippen LogP) is -0.400. The molecule has 0 unspecified atom stereocenters. The van der Waals surface area contributed by atoms with Crippen molar-refractivity contribution in [1.29, 1.82) is 0 Å². The molecule has 0 radical (unpaired) electrons. The molecule has 0 fully saturated rings. The first-order chi connectivity index (χ1) is 4.74. The molecule has 0 aliphatic carbocycles. The minimum Gasteiger partial charge on any atom is -0.477 e. The van der Waals surface area contributed by atoms with Gasteiger partial charge >= 0.3 is 5.97 Å². The Morgan fingerprint density at radius 3 is 2.80 bits per heavy atom. The van der Waals surface area contributed by atoms with Crippen LogP contribution in [0.25, 0.3) is 0 Å². The molecule has 1 rings (SSSR count). The van der Waals surface area contributed by atoms with Gasteiger partial charge in [-0.05, 0) is 6.07 Å². The molecule has 54 valence electrons. The standard InChI is InChI=1S/C5H6N2O3/c8-2-3-1-4(5(9)10)7-6-3/h1,8H,2H2,(H,6,7)(H,9,10). The minimum absolute atomic E-state index is 0.0101. The summed E-state index contributed by atoms with van der Waals surface area (Å²) in [6, 6.07) is 1.28. The van der Waals surface area contributed by atoms with Crippen LogP contribution < -0.4 is 0 Å². The summed E-state index contributed by atoms with van der Waals surface area (Å²) < 4.78 is 0. The number of hydrogen-bond donors (Lipinski definition) is 3. The highest BCUT2D eigenvalue weighted by molar-refractivity contribution is 5.85. The molecule has 5 heteroatoms. The van der Waals surface area contributed by atoms with Gasteiger partial charge in [0.1, 0.15) is 5.69 Å². The van der Waals surface area contributed by atoms with E-state index in [9.17, 15) is 4.79 Å². The normalized spacial score (nSPS) is 9.70. The summed E-state index contributed by atoms with van der Waals surface area (Å²) in [5.41, 5.74) is 0.321. The van der Waals surface area contributed by atoms with Gasteiger partial charge in [0.2, 0.25) is 0 Å². The number of aromatic carboxylic acids is 1. The Morgan fingerprint density at radius 2 is 2.50 bits per heavy atom. The molecule has 0 amide bonds. The zero-order valence-corrected chi connectivity index (χ0v) is 5.03. The summed E-state index contributed by atoms with van der Waals surface area (Å²) in [6.07, 6.45) is 0. The van der Waals surface area contributed by atoms with Gasteiger partial charge in [-0.25, -0.2) is 4.79 Å². The van der Waals surface area contributed by atoms with Crippen molar-refractivity contribution in [3.05, 3.63) is 17.5 Å². The Kier molecular flexibility index (Phi) is 1.68. The number of aromatic nitrogens is 2. The van der Waals surface area contributed by atoms with Crippen LogP contribution in [0.2, 0.25) is 0 Å². The number of nitrogens with one attached hydrogen (secondary N) is 1. The van der Waals surface area contributed by atoms with Gasteiger partial charge in [-0.1, -0.05) is 0 Å². The Labute approximate surface area is 56.3 Å². The fourth-order valence-corrected chi connectivity index (χ4v) is 0.554. The third-order valence-electron chi connectivity index (χ3n) is 1.02. The molecule has 0 aliphatic heterocycles. The van der Waals surface area contributed by atoms with Crippen LogP contribution in [0.3, 0.4) is 0 Å². The van der Waals surface area contributed by atoms with Gasteiger partial charge in [-0.15, -0.1) is 0 Å². The van der Waals surface area contributed by atoms with Crippen LogP contribution in [-0.2, 0) is 6.61 Å². The number of aliphatic hydroxyl groups is 1. The fraction of sp³-hybridized carbons (Fsp3) is 0.200. The van der Waals surface area contributed by atoms with Gasteiger partial charge in [0.05, 0.1) is 12.3 Å². The average Bonchev–Trinajstić information content (AvgIpc) is 2.34. The van der Waals surface area contributed by atoms with E-state index >= 15 is 0 Å². The quantitative estimate of drug-likeness (QED) is 0.524. The zero-order valence-electron chi connectivity index (χ0n) is 5.03. The summed E-state index contributed by atoms with van der Waals surface area (Å²) >= 11 is 0. The van der Waals surface area contributed by atoms with Crippen LogP contribution in [0, 0.1) is 0 Å². The molecule has 1 heterocycles. The van der Waals surface area contributed by atoms with Gasteiger partial charge in [0.15, 0.2) is 0 Å². The number of hydrogen-bond acceptors (Lipinski definition) is 3. The van der Waals surface area contributed by atoms with E-state index in [0.29, 0.717) is 5.69 Å². The van der Waals surface area contributed by atoms with Gasteiger partial charge in [-0.3, -0.25) is 5.10 Å². The van der Waals surface area contributed by atoms with E-state index in [-0.39, 0.29) is 12.3 Å². The second kappa shape index (κ2) is 2.49. The van der Waals surface area contributed by atoms with Gasteiger partial charge in [-0.2, -0.15) is 5.10 Å². The fourth-order valence-electron chi connectivity index (χ4n) is 0.554. The van der Waals surface area contributed by atoms with Crippen molar-refractivity contribution in [2.45, 2.75) is 6.61 Å². The maximum atomic E-state index is 10.2. The van der Waals surface area contributed by atoms with E-state index in [1.165, 1.54) is 6.07 Å². The molecular weight excluding hydrogens is 136 g/mol. The minimum atomic E-state index is -1.08. The largest absolute Gasteiger partial charge is 0.477 e. The number of aromatic amines is 1. The summed E-state index contributed by atoms with van der Waals surface area (Å²) in [5.74, 6) is -1.08. The Bertz CT molecular complexity index is 243. The van der Waals surface area contributed by atoms with Crippen molar-refractivity contribution in [2.24, 2.45) is 0 Å². The van der Waals surface area contributed by atoms with E-state index in [1.54, 1.807) is 0 Å². The number of carbonyl (C=O) groups is 1. The lowest BCUT2D eigenvalue weighted by molar-refractivity contribution is 0.0690. The highest BCUT2D eigenvalue weighted by atomic mass is 16.4. The predicted molar refractivity (Wildman–Crippen MR) is 31.5 cm³/mol. The molecule has 0 saturated heterocycles. The summed E-state index contributed by atoms with van der Waals surface area (Å²) in [7, 11) is 0. The molecule has 3 N–H and O–H groups in total. The first-order valence-corrected chi connectivity index (χ1v) is 2.62. The van der Waals surface area contributed by atoms with E-state index in [1.807, 2.05) is 0 Å². The number of carboxylic acids is 1. The van der Waals surface area contributed by atoms with Crippen LogP contribution in [0.5, 0.6) is 0 Å². The number of nitrogens with zero attached hydrogens (tertiary/aromatic N) is 1. The molecular formula is C5H6N2O3. The molecule has 10 heavy (non-hydrogen) atoms.